The van der Waals surface area contributed by atoms with Crippen LogP contribution in [0.3, 0.4) is 0 Å². The highest BCUT2D eigenvalue weighted by atomic mass is 79.9. The molecule has 0 saturated heterocycles. The second kappa shape index (κ2) is 7.09. The maximum absolute atomic E-state index is 11.5. The number of alkyl halides is 1. The number of benzene rings is 1. The number of carbonyl (C=O) groups excluding carboxylic acids is 1. The third kappa shape index (κ3) is 3.82. The number of methoxy groups -OCH3 is 1. The SMILES string of the molecule is COC(=O)c1cc(C(O)C(O)CCBr)c(Cl)cc1N. The van der Waals surface area contributed by atoms with E-state index in [1.807, 2.05) is 0 Å². The lowest BCUT2D eigenvalue weighted by Crippen LogP contribution is -2.20. The van der Waals surface area contributed by atoms with Gasteiger partial charge in [0.05, 0.1) is 18.8 Å². The van der Waals surface area contributed by atoms with Gasteiger partial charge in [-0.15, -0.1) is 0 Å². The molecule has 0 aliphatic heterocycles. The summed E-state index contributed by atoms with van der Waals surface area (Å²) < 4.78 is 4.59. The Hall–Kier alpha value is -0.820. The molecule has 4 N–H and O–H groups in total. The summed E-state index contributed by atoms with van der Waals surface area (Å²) in [4.78, 5) is 11.5. The van der Waals surface area contributed by atoms with Crippen LogP contribution in [0, 0.1) is 0 Å². The molecule has 0 saturated carbocycles. The van der Waals surface area contributed by atoms with E-state index < -0.39 is 18.2 Å². The molecule has 2 atom stereocenters. The maximum atomic E-state index is 11.5. The van der Waals surface area contributed by atoms with Gasteiger partial charge in [-0.05, 0) is 18.6 Å². The minimum absolute atomic E-state index is 0.104. The molecule has 0 aliphatic rings. The molecule has 0 amide bonds. The number of esters is 1. The van der Waals surface area contributed by atoms with E-state index >= 15 is 0 Å². The summed E-state index contributed by atoms with van der Waals surface area (Å²) >= 11 is 9.15. The van der Waals surface area contributed by atoms with Gasteiger partial charge in [-0.2, -0.15) is 0 Å². The zero-order chi connectivity index (χ0) is 14.6. The van der Waals surface area contributed by atoms with E-state index in [9.17, 15) is 15.0 Å². The first-order chi connectivity index (χ1) is 8.92. The zero-order valence-electron chi connectivity index (χ0n) is 10.3. The van der Waals surface area contributed by atoms with Crippen LogP contribution >= 0.6 is 27.5 Å². The molecule has 0 heterocycles. The van der Waals surface area contributed by atoms with E-state index in [1.165, 1.54) is 19.2 Å². The topological polar surface area (TPSA) is 92.8 Å². The number of hydrogen-bond acceptors (Lipinski definition) is 5. The Kier molecular flexibility index (Phi) is 6.06. The van der Waals surface area contributed by atoms with Crippen molar-refractivity contribution in [2.75, 3.05) is 18.2 Å². The summed E-state index contributed by atoms with van der Waals surface area (Å²) in [5, 5.41) is 20.5. The molecule has 7 heteroatoms. The van der Waals surface area contributed by atoms with Gasteiger partial charge in [0.15, 0.2) is 0 Å². The monoisotopic (exact) mass is 351 g/mol. The molecule has 0 aliphatic carbocycles. The van der Waals surface area contributed by atoms with Gasteiger partial charge in [-0.25, -0.2) is 4.79 Å². The van der Waals surface area contributed by atoms with Crippen molar-refractivity contribution in [1.82, 2.24) is 0 Å². The fourth-order valence-electron chi connectivity index (χ4n) is 1.60. The van der Waals surface area contributed by atoms with Crippen LogP contribution in [-0.2, 0) is 4.74 Å². The molecule has 2 unspecified atom stereocenters. The molecular weight excluding hydrogens is 337 g/mol. The average Bonchev–Trinajstić information content (AvgIpc) is 2.37. The van der Waals surface area contributed by atoms with Gasteiger partial charge in [0.1, 0.15) is 6.10 Å². The molecular formula is C12H15BrClNO4. The van der Waals surface area contributed by atoms with Crippen molar-refractivity contribution in [3.63, 3.8) is 0 Å². The predicted octanol–water partition coefficient (Wildman–Crippen LogP) is 1.89. The van der Waals surface area contributed by atoms with Crippen molar-refractivity contribution in [3.8, 4) is 0 Å². The largest absolute Gasteiger partial charge is 0.465 e. The molecule has 1 rings (SSSR count). The number of aliphatic hydroxyl groups excluding tert-OH is 2. The van der Waals surface area contributed by atoms with Crippen LogP contribution in [-0.4, -0.2) is 34.7 Å². The lowest BCUT2D eigenvalue weighted by molar-refractivity contribution is 0.0173. The third-order valence-corrected chi connectivity index (χ3v) is 3.45. The lowest BCUT2D eigenvalue weighted by atomic mass is 9.99. The Balaban J connectivity index is 3.17. The van der Waals surface area contributed by atoms with Crippen molar-refractivity contribution in [2.24, 2.45) is 0 Å². The van der Waals surface area contributed by atoms with Crippen LogP contribution in [0.1, 0.15) is 28.4 Å². The van der Waals surface area contributed by atoms with Gasteiger partial charge in [0.25, 0.3) is 0 Å². The summed E-state index contributed by atoms with van der Waals surface area (Å²) in [7, 11) is 1.23. The Morgan fingerprint density at radius 2 is 2.16 bits per heavy atom. The van der Waals surface area contributed by atoms with E-state index in [1.54, 1.807) is 0 Å². The van der Waals surface area contributed by atoms with Crippen molar-refractivity contribution in [3.05, 3.63) is 28.3 Å². The van der Waals surface area contributed by atoms with Crippen molar-refractivity contribution < 1.29 is 19.7 Å². The molecule has 5 nitrogen and oxygen atoms in total. The van der Waals surface area contributed by atoms with E-state index in [2.05, 4.69) is 20.7 Å². The highest BCUT2D eigenvalue weighted by Gasteiger charge is 2.23. The van der Waals surface area contributed by atoms with Crippen molar-refractivity contribution in [2.45, 2.75) is 18.6 Å². The fourth-order valence-corrected chi connectivity index (χ4v) is 2.35. The van der Waals surface area contributed by atoms with E-state index in [4.69, 9.17) is 17.3 Å². The first-order valence-electron chi connectivity index (χ1n) is 5.51. The second-order valence-corrected chi connectivity index (χ2v) is 5.14. The zero-order valence-corrected chi connectivity index (χ0v) is 12.6. The van der Waals surface area contributed by atoms with E-state index in [0.29, 0.717) is 11.8 Å². The summed E-state index contributed by atoms with van der Waals surface area (Å²) in [5.74, 6) is -0.627. The van der Waals surface area contributed by atoms with Crippen LogP contribution < -0.4 is 5.73 Å². The molecule has 0 radical (unpaired) electrons. The number of nitrogens with two attached hydrogens (primary N) is 1. The Morgan fingerprint density at radius 3 is 2.68 bits per heavy atom. The highest BCUT2D eigenvalue weighted by molar-refractivity contribution is 9.09. The molecule has 0 aromatic heterocycles. The predicted molar refractivity (Wildman–Crippen MR) is 76.6 cm³/mol. The average molecular weight is 353 g/mol. The third-order valence-electron chi connectivity index (χ3n) is 2.66. The lowest BCUT2D eigenvalue weighted by Gasteiger charge is -2.19. The van der Waals surface area contributed by atoms with Gasteiger partial charge in [-0.1, -0.05) is 27.5 Å². The Morgan fingerprint density at radius 1 is 1.53 bits per heavy atom. The van der Waals surface area contributed by atoms with Crippen LogP contribution in [0.4, 0.5) is 5.69 Å². The van der Waals surface area contributed by atoms with Crippen LogP contribution in [0.5, 0.6) is 0 Å². The standard InChI is InChI=1S/C12H15BrClNO4/c1-19-12(18)7-4-6(8(14)5-9(7)15)11(17)10(16)2-3-13/h4-5,10-11,16-17H,2-3,15H2,1H3. The van der Waals surface area contributed by atoms with E-state index in [-0.39, 0.29) is 21.8 Å². The Bertz CT molecular complexity index is 469. The van der Waals surface area contributed by atoms with Gasteiger partial charge < -0.3 is 20.7 Å². The minimum atomic E-state index is -1.20. The molecule has 1 aromatic carbocycles. The number of rotatable bonds is 5. The van der Waals surface area contributed by atoms with Gasteiger partial charge in [0, 0.05) is 21.6 Å². The number of carbonyl (C=O) groups is 1. The molecule has 0 spiro atoms. The summed E-state index contributed by atoms with van der Waals surface area (Å²) in [5.41, 5.74) is 6.16. The molecule has 1 aromatic rings. The number of halogens is 2. The number of anilines is 1. The molecule has 0 fully saturated rings. The normalized spacial score (nSPS) is 13.9. The second-order valence-electron chi connectivity index (χ2n) is 3.94. The van der Waals surface area contributed by atoms with Crippen LogP contribution in [0.2, 0.25) is 5.02 Å². The summed E-state index contributed by atoms with van der Waals surface area (Å²) in [6, 6.07) is 2.69. The quantitative estimate of drug-likeness (QED) is 0.427. The molecule has 0 bridgehead atoms. The van der Waals surface area contributed by atoms with Crippen molar-refractivity contribution >= 4 is 39.2 Å². The van der Waals surface area contributed by atoms with Gasteiger partial charge >= 0.3 is 5.97 Å². The van der Waals surface area contributed by atoms with Crippen molar-refractivity contribution in [1.29, 1.82) is 0 Å². The van der Waals surface area contributed by atoms with Crippen LogP contribution in [0.15, 0.2) is 12.1 Å². The van der Waals surface area contributed by atoms with Gasteiger partial charge in [0.2, 0.25) is 0 Å². The summed E-state index contributed by atoms with van der Waals surface area (Å²) in [6.07, 6.45) is -1.85. The highest BCUT2D eigenvalue weighted by Crippen LogP contribution is 2.31. The number of hydrogen-bond donors (Lipinski definition) is 3. The Labute approximate surface area is 124 Å². The number of aliphatic hydroxyl groups is 2. The molecule has 106 valence electrons. The smallest absolute Gasteiger partial charge is 0.339 e. The number of nitrogen functional groups attached to an aromatic ring is 1. The first kappa shape index (κ1) is 16.2. The minimum Gasteiger partial charge on any atom is -0.465 e. The number of ether oxygens (including phenoxy) is 1. The van der Waals surface area contributed by atoms with E-state index in [0.717, 1.165) is 0 Å². The van der Waals surface area contributed by atoms with Gasteiger partial charge in [-0.3, -0.25) is 0 Å². The molecule has 19 heavy (non-hydrogen) atoms. The summed E-state index contributed by atoms with van der Waals surface area (Å²) in [6.45, 7) is 0. The fraction of sp³-hybridized carbons (Fsp3) is 0.417. The first-order valence-corrected chi connectivity index (χ1v) is 7.01. The maximum Gasteiger partial charge on any atom is 0.339 e. The van der Waals surface area contributed by atoms with Crippen LogP contribution in [0.25, 0.3) is 0 Å².